The largest absolute Gasteiger partial charge is 0.508 e. The fraction of sp³-hybridized carbons (Fsp3) is 0.154. The van der Waals surface area contributed by atoms with E-state index in [1.165, 1.54) is 0 Å². The summed E-state index contributed by atoms with van der Waals surface area (Å²) >= 11 is 1.11. The van der Waals surface area contributed by atoms with Crippen molar-refractivity contribution in [2.24, 2.45) is 4.99 Å². The number of para-hydroxylation sites is 1. The first-order valence-electron chi connectivity index (χ1n) is 10.3. The number of thioether (sulfide) groups is 1. The highest BCUT2D eigenvalue weighted by atomic mass is 32.2. The molecule has 162 valence electrons. The molecule has 0 saturated carbocycles. The Morgan fingerprint density at radius 2 is 1.78 bits per heavy atom. The van der Waals surface area contributed by atoms with E-state index in [1.807, 2.05) is 87.5 Å². The molecule has 0 bridgehead atoms. The minimum absolute atomic E-state index is 0.157. The van der Waals surface area contributed by atoms with Gasteiger partial charge in [0.15, 0.2) is 0 Å². The number of rotatable bonds is 5. The summed E-state index contributed by atoms with van der Waals surface area (Å²) in [4.78, 5) is 17.6. The molecule has 32 heavy (non-hydrogen) atoms. The lowest BCUT2D eigenvalue weighted by Crippen LogP contribution is -2.18. The number of carbonyl (C=O) groups is 1. The van der Waals surface area contributed by atoms with E-state index in [9.17, 15) is 9.90 Å². The van der Waals surface area contributed by atoms with E-state index in [0.717, 1.165) is 44.8 Å². The number of hydrogen-bond acceptors (Lipinski definition) is 5. The van der Waals surface area contributed by atoms with Crippen molar-refractivity contribution < 1.29 is 14.6 Å². The van der Waals surface area contributed by atoms with E-state index >= 15 is 0 Å². The Bertz CT molecular complexity index is 1220. The van der Waals surface area contributed by atoms with Gasteiger partial charge in [-0.3, -0.25) is 4.79 Å². The summed E-state index contributed by atoms with van der Waals surface area (Å²) < 4.78 is 5.92. The topological polar surface area (TPSA) is 70.9 Å². The summed E-state index contributed by atoms with van der Waals surface area (Å²) in [5.74, 6) is 2.39. The van der Waals surface area contributed by atoms with Crippen LogP contribution in [0.4, 0.5) is 10.5 Å². The summed E-state index contributed by atoms with van der Waals surface area (Å²) in [7, 11) is 0. The van der Waals surface area contributed by atoms with Crippen molar-refractivity contribution in [2.75, 3.05) is 0 Å². The van der Waals surface area contributed by atoms with Gasteiger partial charge in [0.2, 0.25) is 0 Å². The van der Waals surface area contributed by atoms with Crippen LogP contribution in [0.15, 0.2) is 76.6 Å². The smallest absolute Gasteiger partial charge is 0.289 e. The Hall–Kier alpha value is -3.51. The summed E-state index contributed by atoms with van der Waals surface area (Å²) in [6.07, 6.45) is 1.92. The number of benzene rings is 3. The van der Waals surface area contributed by atoms with Crippen LogP contribution in [-0.4, -0.2) is 16.2 Å². The Kier molecular flexibility index (Phi) is 6.32. The minimum Gasteiger partial charge on any atom is -0.508 e. The molecule has 0 spiro atoms. The fourth-order valence-electron chi connectivity index (χ4n) is 3.36. The van der Waals surface area contributed by atoms with Crippen molar-refractivity contribution in [3.8, 4) is 17.2 Å². The van der Waals surface area contributed by atoms with E-state index in [1.54, 1.807) is 6.07 Å². The van der Waals surface area contributed by atoms with Crippen molar-refractivity contribution in [3.05, 3.63) is 88.3 Å². The van der Waals surface area contributed by atoms with Crippen LogP contribution in [0.3, 0.4) is 0 Å². The number of nitrogens with zero attached hydrogens (tertiary/aromatic N) is 1. The predicted octanol–water partition coefficient (Wildman–Crippen LogP) is 7.14. The molecule has 1 saturated heterocycles. The first-order valence-corrected chi connectivity index (χ1v) is 11.2. The first kappa shape index (κ1) is 21.7. The Labute approximate surface area is 191 Å². The third-order valence-electron chi connectivity index (χ3n) is 4.99. The molecule has 0 atom stereocenters. The lowest BCUT2D eigenvalue weighted by atomic mass is 9.99. The number of phenolic OH excluding ortho intramolecular Hbond substituents is 1. The molecule has 0 aliphatic carbocycles. The Balaban J connectivity index is 1.66. The van der Waals surface area contributed by atoms with Crippen LogP contribution in [-0.2, 0) is 0 Å². The maximum absolute atomic E-state index is 12.1. The zero-order chi connectivity index (χ0) is 22.7. The van der Waals surface area contributed by atoms with Gasteiger partial charge in [-0.15, -0.1) is 0 Å². The summed E-state index contributed by atoms with van der Waals surface area (Å²) in [6.45, 7) is 5.93. The molecule has 4 rings (SSSR count). The molecule has 0 unspecified atom stereocenters. The molecule has 5 nitrogen and oxygen atoms in total. The third kappa shape index (κ3) is 5.03. The van der Waals surface area contributed by atoms with Gasteiger partial charge in [-0.05, 0) is 83.8 Å². The highest BCUT2D eigenvalue weighted by Crippen LogP contribution is 2.35. The number of amidine groups is 1. The molecule has 3 aromatic rings. The van der Waals surface area contributed by atoms with Gasteiger partial charge in [-0.25, -0.2) is 4.99 Å². The second-order valence-corrected chi connectivity index (χ2v) is 8.84. The first-order chi connectivity index (χ1) is 15.4. The van der Waals surface area contributed by atoms with E-state index in [0.29, 0.717) is 11.6 Å². The highest BCUT2D eigenvalue weighted by molar-refractivity contribution is 8.18. The minimum atomic E-state index is -0.174. The fourth-order valence-corrected chi connectivity index (χ4v) is 4.09. The average Bonchev–Trinajstić information content (AvgIpc) is 3.09. The molecule has 1 fully saturated rings. The van der Waals surface area contributed by atoms with Gasteiger partial charge < -0.3 is 15.2 Å². The monoisotopic (exact) mass is 444 g/mol. The molecule has 1 amide bonds. The molecule has 1 aliphatic rings. The number of aromatic hydroxyl groups is 1. The normalized spacial score (nSPS) is 16.1. The Morgan fingerprint density at radius 3 is 2.53 bits per heavy atom. The van der Waals surface area contributed by atoms with E-state index in [4.69, 9.17) is 9.73 Å². The number of carbonyl (C=O) groups excluding carboxylic acids is 1. The standard InChI is InChI=1S/C26H24N2O3S/c1-16(2)21-15-22(17(3)12-23(21)29)27-25-24(32-26(30)28-25)14-18-8-7-11-20(13-18)31-19-9-5-4-6-10-19/h4-16,29H,1-3H3,(H,27,28,30)/b24-14-. The van der Waals surface area contributed by atoms with Crippen LogP contribution in [0.5, 0.6) is 17.2 Å². The van der Waals surface area contributed by atoms with E-state index in [2.05, 4.69) is 5.32 Å². The Morgan fingerprint density at radius 1 is 1.03 bits per heavy atom. The summed E-state index contributed by atoms with van der Waals surface area (Å²) in [6, 6.07) is 20.9. The maximum Gasteiger partial charge on any atom is 0.289 e. The van der Waals surface area contributed by atoms with Gasteiger partial charge >= 0.3 is 0 Å². The number of hydrogen-bond donors (Lipinski definition) is 2. The maximum atomic E-state index is 12.1. The predicted molar refractivity (Wildman–Crippen MR) is 131 cm³/mol. The van der Waals surface area contributed by atoms with Gasteiger partial charge in [0.1, 0.15) is 23.1 Å². The van der Waals surface area contributed by atoms with Crippen molar-refractivity contribution in [3.63, 3.8) is 0 Å². The number of aryl methyl sites for hydroxylation is 1. The lowest BCUT2D eigenvalue weighted by Gasteiger charge is -2.12. The second kappa shape index (κ2) is 9.32. The van der Waals surface area contributed by atoms with Crippen LogP contribution >= 0.6 is 11.8 Å². The summed E-state index contributed by atoms with van der Waals surface area (Å²) in [5.41, 5.74) is 3.28. The molecule has 1 heterocycles. The van der Waals surface area contributed by atoms with Crippen LogP contribution in [0.1, 0.15) is 36.5 Å². The average molecular weight is 445 g/mol. The molecule has 6 heteroatoms. The van der Waals surface area contributed by atoms with Crippen molar-refractivity contribution in [1.82, 2.24) is 5.32 Å². The second-order valence-electron chi connectivity index (χ2n) is 7.82. The SMILES string of the molecule is Cc1cc(O)c(C(C)C)cc1N=C1NC(=O)S/C1=C\c1cccc(Oc2ccccc2)c1. The number of amides is 1. The number of aliphatic imine (C=N–C) groups is 1. The van der Waals surface area contributed by atoms with Gasteiger partial charge in [0, 0.05) is 0 Å². The lowest BCUT2D eigenvalue weighted by molar-refractivity contribution is 0.265. The summed E-state index contributed by atoms with van der Waals surface area (Å²) in [5, 5.41) is 12.9. The molecule has 0 aromatic heterocycles. The van der Waals surface area contributed by atoms with Gasteiger partial charge in [-0.1, -0.05) is 44.2 Å². The molecule has 0 radical (unpaired) electrons. The third-order valence-corrected chi connectivity index (χ3v) is 5.81. The number of ether oxygens (including phenoxy) is 1. The van der Waals surface area contributed by atoms with Crippen LogP contribution in [0, 0.1) is 6.92 Å². The van der Waals surface area contributed by atoms with Crippen LogP contribution in [0.25, 0.3) is 6.08 Å². The quantitative estimate of drug-likeness (QED) is 0.439. The molecule has 3 aromatic carbocycles. The van der Waals surface area contributed by atoms with Gasteiger partial charge in [0.25, 0.3) is 5.24 Å². The molecule has 2 N–H and O–H groups in total. The molecular weight excluding hydrogens is 420 g/mol. The molecular formula is C26H24N2O3S. The van der Waals surface area contributed by atoms with E-state index < -0.39 is 0 Å². The van der Waals surface area contributed by atoms with Gasteiger partial charge in [-0.2, -0.15) is 0 Å². The highest BCUT2D eigenvalue weighted by Gasteiger charge is 2.24. The zero-order valence-corrected chi connectivity index (χ0v) is 18.9. The van der Waals surface area contributed by atoms with Crippen LogP contribution < -0.4 is 10.1 Å². The molecule has 1 aliphatic heterocycles. The van der Waals surface area contributed by atoms with Crippen molar-refractivity contribution in [2.45, 2.75) is 26.7 Å². The van der Waals surface area contributed by atoms with Crippen molar-refractivity contribution in [1.29, 1.82) is 0 Å². The van der Waals surface area contributed by atoms with Gasteiger partial charge in [0.05, 0.1) is 10.6 Å². The van der Waals surface area contributed by atoms with Crippen LogP contribution in [0.2, 0.25) is 0 Å². The van der Waals surface area contributed by atoms with Crippen molar-refractivity contribution >= 4 is 34.6 Å². The van der Waals surface area contributed by atoms with E-state index in [-0.39, 0.29) is 16.9 Å². The number of nitrogens with one attached hydrogen (secondary N) is 1. The number of phenols is 1. The zero-order valence-electron chi connectivity index (χ0n) is 18.1.